The lowest BCUT2D eigenvalue weighted by molar-refractivity contribution is 0.0456. The smallest absolute Gasteiger partial charge is 0.375 e. The van der Waals surface area contributed by atoms with Crippen molar-refractivity contribution in [2.45, 2.75) is 41.2 Å². The van der Waals surface area contributed by atoms with Gasteiger partial charge in [-0.3, -0.25) is 23.7 Å². The van der Waals surface area contributed by atoms with E-state index in [9.17, 15) is 64.5 Å². The number of carbonyl (C=O) groups excluding carboxylic acids is 5. The minimum Gasteiger partial charge on any atom is -0.478 e. The predicted octanol–water partition coefficient (Wildman–Crippen LogP) is 22.4. The lowest BCUT2D eigenvalue weighted by atomic mass is 9.99. The Morgan fingerprint density at radius 3 is 1.55 bits per heavy atom. The van der Waals surface area contributed by atoms with Crippen molar-refractivity contribution in [3.8, 4) is 0 Å². The van der Waals surface area contributed by atoms with Crippen LogP contribution in [0.2, 0.25) is 0 Å². The van der Waals surface area contributed by atoms with Crippen molar-refractivity contribution in [1.82, 2.24) is 0 Å². The second-order valence-electron chi connectivity index (χ2n) is 25.7. The normalized spacial score (nSPS) is 14.8. The van der Waals surface area contributed by atoms with Gasteiger partial charge in [0.1, 0.15) is 46.9 Å². The number of ether oxygens (including phenoxy) is 2. The molecule has 574 valence electrons. The molecule has 22 heteroatoms. The summed E-state index contributed by atoms with van der Waals surface area (Å²) in [5.74, 6) is -4.42. The standard InChI is InChI=1S/C15H9Br2FO.C15H9FO2.C15H13FO2.C15H11FO.C15H9FO.C10H11O5P.C7H5FO/c16-13-9-3-1-2-4-11(9)15(19)12-7-8(18)5-6-10(12)14(13)17;16-11-7-5-10(6-8-11)9-14-12-3-1-2-4-13(12)15(17)18-14;16-13-9-6-11(7-10-13)5-8-12-3-1-2-4-14(12)15(17)18;2*16-12-8-7-11-6-5-10-3-1-2-4-13(10)15(17)14(11)9-12;1-13-16(12,14-2)10-8-6-4-3-5-7(8)9(11)15-10;8-7-3-1-6(5-9)2-4-7/h1-7,13-14H;1-9H;1-4,6-7,9-10H,5,8H2,(H,17,18);1-4,7-9H,5-6H2;1-9H;3-6,10H,1-2H3;1-5H/b;14-9-;;;;;. The van der Waals surface area contributed by atoms with Crippen molar-refractivity contribution in [1.29, 1.82) is 0 Å². The van der Waals surface area contributed by atoms with Crippen LogP contribution in [0.4, 0.5) is 26.3 Å². The van der Waals surface area contributed by atoms with Crippen molar-refractivity contribution in [3.63, 3.8) is 0 Å². The number of aryl methyl sites for hydroxylation is 4. The number of aldehydes is 1. The topological polar surface area (TPSA) is 194 Å². The van der Waals surface area contributed by atoms with E-state index >= 15 is 0 Å². The Morgan fingerprint density at radius 2 is 0.912 bits per heavy atom. The Labute approximate surface area is 667 Å². The average Bonchev–Trinajstić information content (AvgIpc) is 1.63. The second-order valence-corrected chi connectivity index (χ2v) is 30.0. The van der Waals surface area contributed by atoms with Gasteiger partial charge in [-0.05, 0) is 185 Å². The first kappa shape index (κ1) is 82.9. The highest BCUT2D eigenvalue weighted by Gasteiger charge is 2.45. The maximum atomic E-state index is 13.4. The number of hydrogen-bond acceptors (Lipinski definition) is 12. The maximum Gasteiger partial charge on any atom is 0.375 e. The predicted molar refractivity (Wildman–Crippen MR) is 432 cm³/mol. The van der Waals surface area contributed by atoms with Gasteiger partial charge < -0.3 is 23.6 Å². The number of rotatable bonds is 9. The van der Waals surface area contributed by atoms with Crippen LogP contribution in [0, 0.1) is 34.9 Å². The molecule has 3 unspecified atom stereocenters. The Kier molecular flexibility index (Phi) is 27.9. The number of carboxylic acid groups (broad SMARTS) is 1. The lowest BCUT2D eigenvalue weighted by Gasteiger charge is -2.19. The number of ketones is 2. The quantitative estimate of drug-likeness (QED) is 0.0472. The molecule has 2 aliphatic heterocycles. The van der Waals surface area contributed by atoms with E-state index in [1.54, 1.807) is 109 Å². The fourth-order valence-electron chi connectivity index (χ4n) is 12.7. The Morgan fingerprint density at radius 1 is 0.447 bits per heavy atom. The SMILES string of the molecule is COP(=O)(OC)C1OC(=O)c2ccccc21.O=C(O)c1ccccc1CCc1ccc(F)cc1.O=C1O/C(=C\c2ccc(F)cc2)c2ccccc21.O=C1c2ccccc2C(Br)C(Br)c2ccc(F)cc21.O=C1c2ccccc2CCc2ccc(F)cc21.O=Cc1ccc(F)cc1.O=c1c2ccccc2ccc2ccc(F)cc12. The van der Waals surface area contributed by atoms with Gasteiger partial charge in [0, 0.05) is 63.9 Å². The molecule has 4 aliphatic rings. The zero-order valence-electron chi connectivity index (χ0n) is 60.7. The van der Waals surface area contributed by atoms with Gasteiger partial charge in [0.15, 0.2) is 17.0 Å². The molecule has 0 fully saturated rings. The summed E-state index contributed by atoms with van der Waals surface area (Å²) in [6.45, 7) is 0. The van der Waals surface area contributed by atoms with Crippen molar-refractivity contribution in [2.24, 2.45) is 0 Å². The van der Waals surface area contributed by atoms with Gasteiger partial charge in [0.05, 0.1) is 26.3 Å². The van der Waals surface area contributed by atoms with Crippen molar-refractivity contribution < 1.29 is 83.3 Å². The summed E-state index contributed by atoms with van der Waals surface area (Å²) in [5.41, 5.74) is 11.6. The van der Waals surface area contributed by atoms with Gasteiger partial charge in [0.2, 0.25) is 5.85 Å². The van der Waals surface area contributed by atoms with E-state index < -0.39 is 31.2 Å². The molecule has 0 spiro atoms. The van der Waals surface area contributed by atoms with Crippen LogP contribution in [-0.4, -0.2) is 55.1 Å². The summed E-state index contributed by atoms with van der Waals surface area (Å²) >= 11 is 7.23. The first-order chi connectivity index (χ1) is 54.9. The molecular formula is C92H67Br2F6O13P. The van der Waals surface area contributed by atoms with Crippen LogP contribution in [0.3, 0.4) is 0 Å². The second kappa shape index (κ2) is 38.4. The van der Waals surface area contributed by atoms with E-state index in [4.69, 9.17) is 23.6 Å². The van der Waals surface area contributed by atoms with Gasteiger partial charge in [-0.2, -0.15) is 0 Å². The summed E-state index contributed by atoms with van der Waals surface area (Å²) in [4.78, 5) is 81.2. The summed E-state index contributed by atoms with van der Waals surface area (Å²) in [6, 6.07) is 77.8. The highest BCUT2D eigenvalue weighted by Crippen LogP contribution is 2.63. The summed E-state index contributed by atoms with van der Waals surface area (Å²) in [6.07, 6.45) is 5.36. The Bertz CT molecular complexity index is 5900. The fourth-order valence-corrected chi connectivity index (χ4v) is 15.4. The zero-order chi connectivity index (χ0) is 81.2. The molecule has 114 heavy (non-hydrogen) atoms. The zero-order valence-corrected chi connectivity index (χ0v) is 64.7. The minimum absolute atomic E-state index is 0.0284. The molecule has 13 aromatic carbocycles. The third kappa shape index (κ3) is 20.2. The first-order valence-corrected chi connectivity index (χ1v) is 38.7. The monoisotopic (exact) mass is 1680 g/mol. The van der Waals surface area contributed by atoms with Crippen LogP contribution in [0.25, 0.3) is 33.4 Å². The lowest BCUT2D eigenvalue weighted by Crippen LogP contribution is -2.04. The highest BCUT2D eigenvalue weighted by atomic mass is 79.9. The average molecular weight is 1690 g/mol. The molecule has 13 nitrogen and oxygen atoms in total. The first-order valence-electron chi connectivity index (χ1n) is 35.3. The molecule has 1 N–H and O–H groups in total. The molecule has 0 aromatic heterocycles. The number of alkyl halides is 2. The largest absolute Gasteiger partial charge is 0.478 e. The molecule has 13 aromatic rings. The molecule has 0 bridgehead atoms. The van der Waals surface area contributed by atoms with E-state index in [0.717, 1.165) is 68.1 Å². The van der Waals surface area contributed by atoms with Crippen LogP contribution >= 0.6 is 39.5 Å². The molecule has 0 amide bonds. The Balaban J connectivity index is 0.000000132. The number of benzene rings is 12. The third-order valence-corrected chi connectivity index (χ3v) is 23.3. The van der Waals surface area contributed by atoms with Gasteiger partial charge in [-0.1, -0.05) is 214 Å². The van der Waals surface area contributed by atoms with E-state index in [1.807, 2.05) is 97.1 Å². The number of carbonyl (C=O) groups is 6. The summed E-state index contributed by atoms with van der Waals surface area (Å²) in [5, 5.41) is 11.7. The number of esters is 2. The summed E-state index contributed by atoms with van der Waals surface area (Å²) in [7, 11) is -0.916. The number of carboxylic acids is 1. The van der Waals surface area contributed by atoms with E-state index in [0.29, 0.717) is 85.7 Å². The van der Waals surface area contributed by atoms with Crippen LogP contribution in [-0.2, 0) is 48.8 Å². The van der Waals surface area contributed by atoms with Crippen LogP contribution in [0.15, 0.2) is 290 Å². The van der Waals surface area contributed by atoms with Crippen LogP contribution in [0.1, 0.15) is 139 Å². The maximum absolute atomic E-state index is 13.4. The van der Waals surface area contributed by atoms with E-state index in [-0.39, 0.29) is 61.7 Å². The molecular weight excluding hydrogens is 1620 g/mol. The van der Waals surface area contributed by atoms with E-state index in [1.165, 1.54) is 99.1 Å². The minimum atomic E-state index is -3.44. The molecule has 0 radical (unpaired) electrons. The van der Waals surface area contributed by atoms with Crippen molar-refractivity contribution in [2.75, 3.05) is 14.2 Å². The molecule has 3 atom stereocenters. The number of halogens is 8. The molecule has 2 aliphatic carbocycles. The number of cyclic esters (lactones) is 2. The van der Waals surface area contributed by atoms with E-state index in [2.05, 4.69) is 31.9 Å². The molecule has 2 heterocycles. The van der Waals surface area contributed by atoms with Crippen molar-refractivity contribution in [3.05, 3.63) is 425 Å². The summed E-state index contributed by atoms with van der Waals surface area (Å²) < 4.78 is 110. The molecule has 17 rings (SSSR count). The third-order valence-electron chi connectivity index (χ3n) is 18.6. The van der Waals surface area contributed by atoms with Crippen molar-refractivity contribution >= 4 is 109 Å². The van der Waals surface area contributed by atoms with Gasteiger partial charge >= 0.3 is 25.5 Å². The fraction of sp³-hybridized carbons (Fsp3) is 0.0978. The number of hydrogen-bond donors (Lipinski definition) is 1. The Hall–Kier alpha value is -12.1. The van der Waals surface area contributed by atoms with Crippen LogP contribution < -0.4 is 5.43 Å². The van der Waals surface area contributed by atoms with Crippen LogP contribution in [0.5, 0.6) is 0 Å². The number of aromatic carboxylic acids is 1. The molecule has 0 saturated heterocycles. The van der Waals surface area contributed by atoms with Gasteiger partial charge in [0.25, 0.3) is 0 Å². The highest BCUT2D eigenvalue weighted by molar-refractivity contribution is 9.12. The van der Waals surface area contributed by atoms with Gasteiger partial charge in [-0.15, -0.1) is 0 Å². The van der Waals surface area contributed by atoms with Gasteiger partial charge in [-0.25, -0.2) is 40.7 Å². The number of fused-ring (bicyclic) bond motifs is 8. The molecule has 0 saturated carbocycles.